The first-order valence-electron chi connectivity index (χ1n) is 10.1. The van der Waals surface area contributed by atoms with Gasteiger partial charge in [-0.05, 0) is 41.1 Å². The van der Waals surface area contributed by atoms with Crippen molar-refractivity contribution >= 4 is 23.2 Å². The lowest BCUT2D eigenvalue weighted by atomic mass is 9.98. The van der Waals surface area contributed by atoms with E-state index in [4.69, 9.17) is 0 Å². The first-order valence-corrected chi connectivity index (χ1v) is 11.0. The van der Waals surface area contributed by atoms with Crippen LogP contribution in [0.5, 0.6) is 0 Å². The van der Waals surface area contributed by atoms with Gasteiger partial charge in [0.1, 0.15) is 0 Å². The highest BCUT2D eigenvalue weighted by molar-refractivity contribution is 7.09. The summed E-state index contributed by atoms with van der Waals surface area (Å²) >= 11 is 1.55. The molecule has 0 saturated carbocycles. The van der Waals surface area contributed by atoms with Gasteiger partial charge in [0, 0.05) is 43.4 Å². The zero-order valence-electron chi connectivity index (χ0n) is 17.0. The van der Waals surface area contributed by atoms with E-state index in [1.807, 2.05) is 36.8 Å². The number of carbonyl (C=O) groups is 2. The summed E-state index contributed by atoms with van der Waals surface area (Å²) < 4.78 is 2.08. The molecule has 156 valence electrons. The van der Waals surface area contributed by atoms with E-state index in [1.165, 1.54) is 11.1 Å². The van der Waals surface area contributed by atoms with Gasteiger partial charge in [0.25, 0.3) is 0 Å². The summed E-state index contributed by atoms with van der Waals surface area (Å²) in [5.74, 6) is -1.19. The summed E-state index contributed by atoms with van der Waals surface area (Å²) in [5, 5.41) is 7.48. The van der Waals surface area contributed by atoms with E-state index in [0.717, 1.165) is 30.1 Å². The normalized spacial score (nSPS) is 14.7. The number of nitrogens with one attached hydrogen (secondary N) is 2. The minimum Gasteiger partial charge on any atom is -0.353 e. The maximum Gasteiger partial charge on any atom is 0.309 e. The predicted molar refractivity (Wildman–Crippen MR) is 118 cm³/mol. The monoisotopic (exact) mass is 422 g/mol. The lowest BCUT2D eigenvalue weighted by Gasteiger charge is -2.36. The SMILES string of the molecule is Cn1cccc1C(CNC(=O)C(=O)NCc1cccs1)N1CCc2ccccc2C1. The lowest BCUT2D eigenvalue weighted by Crippen LogP contribution is -2.45. The Labute approximate surface area is 180 Å². The van der Waals surface area contributed by atoms with Crippen molar-refractivity contribution in [2.45, 2.75) is 25.6 Å². The Morgan fingerprint density at radius 2 is 1.83 bits per heavy atom. The summed E-state index contributed by atoms with van der Waals surface area (Å²) in [6, 6.07) is 16.4. The zero-order chi connectivity index (χ0) is 20.9. The Hall–Kier alpha value is -2.90. The maximum atomic E-state index is 12.4. The van der Waals surface area contributed by atoms with Gasteiger partial charge in [-0.25, -0.2) is 0 Å². The van der Waals surface area contributed by atoms with Crippen LogP contribution in [-0.2, 0) is 36.1 Å². The van der Waals surface area contributed by atoms with E-state index < -0.39 is 11.8 Å². The average molecular weight is 423 g/mol. The molecule has 2 aromatic heterocycles. The second-order valence-electron chi connectivity index (χ2n) is 7.52. The molecule has 3 heterocycles. The molecule has 1 atom stereocenters. The van der Waals surface area contributed by atoms with Gasteiger partial charge < -0.3 is 15.2 Å². The van der Waals surface area contributed by atoms with Gasteiger partial charge in [0.15, 0.2) is 0 Å². The van der Waals surface area contributed by atoms with Crippen molar-refractivity contribution in [2.24, 2.45) is 7.05 Å². The van der Waals surface area contributed by atoms with Crippen LogP contribution in [0.3, 0.4) is 0 Å². The van der Waals surface area contributed by atoms with Gasteiger partial charge in [-0.2, -0.15) is 0 Å². The van der Waals surface area contributed by atoms with Crippen LogP contribution in [0.1, 0.15) is 27.7 Å². The number of aryl methyl sites for hydroxylation is 1. The predicted octanol–water partition coefficient (Wildman–Crippen LogP) is 2.62. The fraction of sp³-hybridized carbons (Fsp3) is 0.304. The standard InChI is InChI=1S/C23H26N4O2S/c1-26-11-4-9-20(26)21(27-12-10-17-6-2-3-7-18(17)16-27)15-25-23(29)22(28)24-14-19-8-5-13-30-19/h2-9,11,13,21H,10,12,14-16H2,1H3,(H,24,28)(H,25,29). The van der Waals surface area contributed by atoms with Crippen molar-refractivity contribution in [2.75, 3.05) is 13.1 Å². The molecular weight excluding hydrogens is 396 g/mol. The van der Waals surface area contributed by atoms with Crippen molar-refractivity contribution in [3.8, 4) is 0 Å². The van der Waals surface area contributed by atoms with Gasteiger partial charge in [0.05, 0.1) is 12.6 Å². The molecule has 7 heteroatoms. The van der Waals surface area contributed by atoms with E-state index in [2.05, 4.69) is 50.4 Å². The number of thiophene rings is 1. The highest BCUT2D eigenvalue weighted by Gasteiger charge is 2.27. The summed E-state index contributed by atoms with van der Waals surface area (Å²) in [4.78, 5) is 28.0. The number of amides is 2. The molecule has 1 aliphatic heterocycles. The summed E-state index contributed by atoms with van der Waals surface area (Å²) in [6.45, 7) is 2.49. The van der Waals surface area contributed by atoms with E-state index >= 15 is 0 Å². The molecule has 1 unspecified atom stereocenters. The number of aromatic nitrogens is 1. The van der Waals surface area contributed by atoms with E-state index in [-0.39, 0.29) is 6.04 Å². The number of rotatable bonds is 6. The number of benzene rings is 1. The van der Waals surface area contributed by atoms with Crippen LogP contribution >= 0.6 is 11.3 Å². The Morgan fingerprint density at radius 1 is 1.03 bits per heavy atom. The number of hydrogen-bond acceptors (Lipinski definition) is 4. The first kappa shape index (κ1) is 20.4. The summed E-state index contributed by atoms with van der Waals surface area (Å²) in [5.41, 5.74) is 3.83. The van der Waals surface area contributed by atoms with Crippen LogP contribution in [-0.4, -0.2) is 34.4 Å². The Bertz CT molecular complexity index is 1010. The van der Waals surface area contributed by atoms with Crippen LogP contribution in [0.15, 0.2) is 60.1 Å². The van der Waals surface area contributed by atoms with Crippen molar-refractivity contribution in [1.82, 2.24) is 20.1 Å². The van der Waals surface area contributed by atoms with Crippen LogP contribution < -0.4 is 10.6 Å². The number of fused-ring (bicyclic) bond motifs is 1. The lowest BCUT2D eigenvalue weighted by molar-refractivity contribution is -0.139. The van der Waals surface area contributed by atoms with Crippen LogP contribution in [0.4, 0.5) is 0 Å². The van der Waals surface area contributed by atoms with Gasteiger partial charge in [-0.1, -0.05) is 30.3 Å². The van der Waals surface area contributed by atoms with Gasteiger partial charge in [-0.3, -0.25) is 14.5 Å². The van der Waals surface area contributed by atoms with Crippen LogP contribution in [0.2, 0.25) is 0 Å². The third-order valence-corrected chi connectivity index (χ3v) is 6.47. The van der Waals surface area contributed by atoms with Crippen molar-refractivity contribution < 1.29 is 9.59 Å². The maximum absolute atomic E-state index is 12.4. The quantitative estimate of drug-likeness (QED) is 0.600. The molecule has 30 heavy (non-hydrogen) atoms. The van der Waals surface area contributed by atoms with Crippen LogP contribution in [0.25, 0.3) is 0 Å². The molecule has 3 aromatic rings. The van der Waals surface area contributed by atoms with Crippen molar-refractivity contribution in [1.29, 1.82) is 0 Å². The molecule has 2 N–H and O–H groups in total. The van der Waals surface area contributed by atoms with Crippen LogP contribution in [0, 0.1) is 0 Å². The molecule has 1 aliphatic rings. The fourth-order valence-electron chi connectivity index (χ4n) is 3.96. The molecule has 0 spiro atoms. The summed E-state index contributed by atoms with van der Waals surface area (Å²) in [7, 11) is 2.01. The highest BCUT2D eigenvalue weighted by Crippen LogP contribution is 2.27. The smallest absolute Gasteiger partial charge is 0.309 e. The molecule has 6 nitrogen and oxygen atoms in total. The molecule has 0 radical (unpaired) electrons. The third-order valence-electron chi connectivity index (χ3n) is 5.59. The van der Waals surface area contributed by atoms with Gasteiger partial charge >= 0.3 is 11.8 Å². The van der Waals surface area contributed by atoms with E-state index in [0.29, 0.717) is 13.1 Å². The number of carbonyl (C=O) groups excluding carboxylic acids is 2. The van der Waals surface area contributed by atoms with E-state index in [9.17, 15) is 9.59 Å². The highest BCUT2D eigenvalue weighted by atomic mass is 32.1. The van der Waals surface area contributed by atoms with Crippen molar-refractivity contribution in [3.63, 3.8) is 0 Å². The largest absolute Gasteiger partial charge is 0.353 e. The molecular formula is C23H26N4O2S. The van der Waals surface area contributed by atoms with E-state index in [1.54, 1.807) is 11.3 Å². The zero-order valence-corrected chi connectivity index (χ0v) is 17.8. The molecule has 0 saturated heterocycles. The average Bonchev–Trinajstić information content (AvgIpc) is 3.44. The van der Waals surface area contributed by atoms with Gasteiger partial charge in [-0.15, -0.1) is 11.3 Å². The topological polar surface area (TPSA) is 66.4 Å². The second-order valence-corrected chi connectivity index (χ2v) is 8.55. The molecule has 2 amide bonds. The minimum atomic E-state index is -0.599. The Morgan fingerprint density at radius 3 is 2.57 bits per heavy atom. The molecule has 4 rings (SSSR count). The summed E-state index contributed by atoms with van der Waals surface area (Å²) in [6.07, 6.45) is 2.99. The molecule has 0 bridgehead atoms. The fourth-order valence-corrected chi connectivity index (χ4v) is 4.60. The van der Waals surface area contributed by atoms with Crippen molar-refractivity contribution in [3.05, 3.63) is 81.8 Å². The molecule has 1 aromatic carbocycles. The number of nitrogens with zero attached hydrogens (tertiary/aromatic N) is 2. The first-order chi connectivity index (χ1) is 14.6. The van der Waals surface area contributed by atoms with Gasteiger partial charge in [0.2, 0.25) is 0 Å². The second kappa shape index (κ2) is 9.28. The Balaban J connectivity index is 1.42. The Kier molecular flexibility index (Phi) is 6.30. The minimum absolute atomic E-state index is 0.00704. The third kappa shape index (κ3) is 4.63. The molecule has 0 aliphatic carbocycles. The molecule has 0 fully saturated rings. The number of hydrogen-bond donors (Lipinski definition) is 2.